The first-order chi connectivity index (χ1) is 10.4. The van der Waals surface area contributed by atoms with E-state index in [0.29, 0.717) is 6.54 Å². The maximum atomic E-state index is 11.8. The van der Waals surface area contributed by atoms with Gasteiger partial charge in [0.15, 0.2) is 0 Å². The second-order valence-electron chi connectivity index (χ2n) is 6.02. The number of nitrogens with zero attached hydrogens (tertiary/aromatic N) is 1. The van der Waals surface area contributed by atoms with E-state index in [1.54, 1.807) is 0 Å². The van der Waals surface area contributed by atoms with Crippen LogP contribution >= 0.6 is 0 Å². The van der Waals surface area contributed by atoms with Gasteiger partial charge in [0.1, 0.15) is 0 Å². The first kappa shape index (κ1) is 18.5. The van der Waals surface area contributed by atoms with Crippen molar-refractivity contribution in [3.05, 3.63) is 35.4 Å². The molecule has 0 aliphatic heterocycles. The second-order valence-corrected chi connectivity index (χ2v) is 6.02. The lowest BCUT2D eigenvalue weighted by Gasteiger charge is -2.18. The van der Waals surface area contributed by atoms with Crippen LogP contribution in [0.15, 0.2) is 24.3 Å². The number of benzene rings is 1. The molecule has 0 aliphatic carbocycles. The number of rotatable bonds is 8. The van der Waals surface area contributed by atoms with Gasteiger partial charge in [-0.3, -0.25) is 0 Å². The van der Waals surface area contributed by atoms with Crippen LogP contribution < -0.4 is 10.6 Å². The maximum Gasteiger partial charge on any atom is 0.315 e. The van der Waals surface area contributed by atoms with Gasteiger partial charge in [-0.05, 0) is 31.1 Å². The van der Waals surface area contributed by atoms with E-state index >= 15 is 0 Å². The highest BCUT2D eigenvalue weighted by molar-refractivity contribution is 5.73. The number of carbonyl (C=O) groups excluding carboxylic acids is 1. The average Bonchev–Trinajstić information content (AvgIpc) is 2.50. The topological polar surface area (TPSA) is 64.6 Å². The molecule has 0 bridgehead atoms. The fraction of sp³-hybridized carbons (Fsp3) is 0.588. The minimum atomic E-state index is -0.503. The van der Waals surface area contributed by atoms with Gasteiger partial charge in [-0.2, -0.15) is 0 Å². The Morgan fingerprint density at radius 2 is 1.86 bits per heavy atom. The van der Waals surface area contributed by atoms with E-state index in [9.17, 15) is 9.90 Å². The van der Waals surface area contributed by atoms with E-state index in [1.807, 2.05) is 46.1 Å². The normalized spacial score (nSPS) is 13.7. The molecule has 0 spiro atoms. The molecule has 2 atom stereocenters. The number of aliphatic hydroxyl groups is 1. The standard InChI is InChI=1S/C17H29N3O2/c1-5-13(2)16(21)11-19-17(22)18-10-14-8-6-7-9-15(14)12-20(3)4/h6-9,13,16,21H,5,10-12H2,1-4H3,(H2,18,19,22). The van der Waals surface area contributed by atoms with Gasteiger partial charge in [0.2, 0.25) is 0 Å². The summed E-state index contributed by atoms with van der Waals surface area (Å²) in [4.78, 5) is 13.9. The van der Waals surface area contributed by atoms with Crippen molar-refractivity contribution in [2.45, 2.75) is 39.5 Å². The molecule has 1 rings (SSSR count). The van der Waals surface area contributed by atoms with Crippen LogP contribution in [0.4, 0.5) is 4.79 Å². The summed E-state index contributed by atoms with van der Waals surface area (Å²) in [5, 5.41) is 15.4. The molecule has 124 valence electrons. The molecular weight excluding hydrogens is 278 g/mol. The van der Waals surface area contributed by atoms with Crippen LogP contribution in [-0.4, -0.2) is 42.8 Å². The molecule has 3 N–H and O–H groups in total. The Kier molecular flexibility index (Phi) is 7.91. The van der Waals surface area contributed by atoms with Crippen LogP contribution in [0.1, 0.15) is 31.4 Å². The molecule has 5 heteroatoms. The third kappa shape index (κ3) is 6.45. The lowest BCUT2D eigenvalue weighted by Crippen LogP contribution is -2.41. The fourth-order valence-corrected chi connectivity index (χ4v) is 2.13. The van der Waals surface area contributed by atoms with Gasteiger partial charge in [-0.1, -0.05) is 44.5 Å². The Balaban J connectivity index is 2.44. The minimum absolute atomic E-state index is 0.182. The Bertz CT molecular complexity index is 463. The molecule has 5 nitrogen and oxygen atoms in total. The van der Waals surface area contributed by atoms with Gasteiger partial charge in [-0.25, -0.2) is 4.79 Å². The minimum Gasteiger partial charge on any atom is -0.391 e. The predicted molar refractivity (Wildman–Crippen MR) is 89.5 cm³/mol. The van der Waals surface area contributed by atoms with Gasteiger partial charge < -0.3 is 20.6 Å². The third-order valence-electron chi connectivity index (χ3n) is 3.82. The number of aliphatic hydroxyl groups excluding tert-OH is 1. The lowest BCUT2D eigenvalue weighted by molar-refractivity contribution is 0.114. The van der Waals surface area contributed by atoms with E-state index in [4.69, 9.17) is 0 Å². The van der Waals surface area contributed by atoms with E-state index in [0.717, 1.165) is 18.5 Å². The molecule has 0 heterocycles. The van der Waals surface area contributed by atoms with Crippen molar-refractivity contribution in [1.82, 2.24) is 15.5 Å². The number of carbonyl (C=O) groups is 1. The van der Waals surface area contributed by atoms with Crippen molar-refractivity contribution in [3.8, 4) is 0 Å². The second kappa shape index (κ2) is 9.43. The number of urea groups is 1. The Morgan fingerprint density at radius 3 is 2.45 bits per heavy atom. The van der Waals surface area contributed by atoms with Crippen molar-refractivity contribution in [3.63, 3.8) is 0 Å². The van der Waals surface area contributed by atoms with Gasteiger partial charge in [-0.15, -0.1) is 0 Å². The summed E-state index contributed by atoms with van der Waals surface area (Å²) in [5.74, 6) is 0.182. The SMILES string of the molecule is CCC(C)C(O)CNC(=O)NCc1ccccc1CN(C)C. The first-order valence-corrected chi connectivity index (χ1v) is 7.85. The fourth-order valence-electron chi connectivity index (χ4n) is 2.13. The van der Waals surface area contributed by atoms with E-state index in [-0.39, 0.29) is 18.5 Å². The monoisotopic (exact) mass is 307 g/mol. The Hall–Kier alpha value is -1.59. The van der Waals surface area contributed by atoms with Crippen LogP contribution in [-0.2, 0) is 13.1 Å². The van der Waals surface area contributed by atoms with Crippen molar-refractivity contribution >= 4 is 6.03 Å². The van der Waals surface area contributed by atoms with Crippen LogP contribution in [0, 0.1) is 5.92 Å². The highest BCUT2D eigenvalue weighted by Crippen LogP contribution is 2.10. The number of hydrogen-bond acceptors (Lipinski definition) is 3. The van der Waals surface area contributed by atoms with Gasteiger partial charge in [0.25, 0.3) is 0 Å². The highest BCUT2D eigenvalue weighted by Gasteiger charge is 2.13. The zero-order valence-electron chi connectivity index (χ0n) is 14.1. The molecule has 2 unspecified atom stereocenters. The lowest BCUT2D eigenvalue weighted by atomic mass is 10.0. The molecular formula is C17H29N3O2. The van der Waals surface area contributed by atoms with Crippen molar-refractivity contribution < 1.29 is 9.90 Å². The van der Waals surface area contributed by atoms with E-state index in [1.165, 1.54) is 5.56 Å². The van der Waals surface area contributed by atoms with Gasteiger partial charge >= 0.3 is 6.03 Å². The maximum absolute atomic E-state index is 11.8. The zero-order chi connectivity index (χ0) is 16.5. The smallest absolute Gasteiger partial charge is 0.315 e. The number of amides is 2. The van der Waals surface area contributed by atoms with Crippen molar-refractivity contribution in [1.29, 1.82) is 0 Å². The van der Waals surface area contributed by atoms with E-state index < -0.39 is 6.10 Å². The molecule has 0 aromatic heterocycles. The molecule has 0 fully saturated rings. The van der Waals surface area contributed by atoms with Crippen molar-refractivity contribution in [2.24, 2.45) is 5.92 Å². The summed E-state index contributed by atoms with van der Waals surface area (Å²) in [7, 11) is 4.04. The Morgan fingerprint density at radius 1 is 1.23 bits per heavy atom. The van der Waals surface area contributed by atoms with Crippen LogP contribution in [0.3, 0.4) is 0 Å². The summed E-state index contributed by atoms with van der Waals surface area (Å²) in [6.07, 6.45) is 0.388. The van der Waals surface area contributed by atoms with Gasteiger partial charge in [0, 0.05) is 19.6 Å². The number of nitrogens with one attached hydrogen (secondary N) is 2. The van der Waals surface area contributed by atoms with E-state index in [2.05, 4.69) is 21.6 Å². The molecule has 0 saturated carbocycles. The number of hydrogen-bond donors (Lipinski definition) is 3. The summed E-state index contributed by atoms with van der Waals surface area (Å²) in [6.45, 7) is 5.60. The zero-order valence-corrected chi connectivity index (χ0v) is 14.1. The summed E-state index contributed by atoms with van der Waals surface area (Å²) >= 11 is 0. The first-order valence-electron chi connectivity index (χ1n) is 7.85. The third-order valence-corrected chi connectivity index (χ3v) is 3.82. The molecule has 0 aliphatic rings. The van der Waals surface area contributed by atoms with Gasteiger partial charge in [0.05, 0.1) is 6.10 Å². The van der Waals surface area contributed by atoms with Crippen molar-refractivity contribution in [2.75, 3.05) is 20.6 Å². The molecule has 1 aromatic rings. The predicted octanol–water partition coefficient (Wildman–Crippen LogP) is 1.95. The molecule has 22 heavy (non-hydrogen) atoms. The molecule has 1 aromatic carbocycles. The molecule has 2 amide bonds. The van der Waals surface area contributed by atoms with Crippen LogP contribution in [0.2, 0.25) is 0 Å². The average molecular weight is 307 g/mol. The molecule has 0 radical (unpaired) electrons. The summed E-state index contributed by atoms with van der Waals surface area (Å²) < 4.78 is 0. The Labute approximate surface area is 133 Å². The molecule has 0 saturated heterocycles. The summed E-state index contributed by atoms with van der Waals surface area (Å²) in [6, 6.07) is 7.82. The summed E-state index contributed by atoms with van der Waals surface area (Å²) in [5.41, 5.74) is 2.31. The highest BCUT2D eigenvalue weighted by atomic mass is 16.3. The van der Waals surface area contributed by atoms with Crippen LogP contribution in [0.5, 0.6) is 0 Å². The quantitative estimate of drug-likeness (QED) is 0.688. The van der Waals surface area contributed by atoms with Crippen LogP contribution in [0.25, 0.3) is 0 Å². The largest absolute Gasteiger partial charge is 0.391 e.